The van der Waals surface area contributed by atoms with Crippen molar-refractivity contribution in [2.45, 2.75) is 75.2 Å². The topological polar surface area (TPSA) is 171 Å². The first-order valence-electron chi connectivity index (χ1n) is 21.7. The van der Waals surface area contributed by atoms with Crippen molar-refractivity contribution in [2.75, 3.05) is 26.2 Å². The Kier molecular flexibility index (Phi) is 11.9. The lowest BCUT2D eigenvalue weighted by atomic mass is 9.91. The number of carbonyl (C=O) groups is 3. The second-order valence-corrected chi connectivity index (χ2v) is 17.6. The van der Waals surface area contributed by atoms with Crippen molar-refractivity contribution in [3.63, 3.8) is 0 Å². The zero-order valence-corrected chi connectivity index (χ0v) is 35.8. The first-order valence-corrected chi connectivity index (χ1v) is 22.1. The smallest absolute Gasteiger partial charge is 0.405 e. The second kappa shape index (κ2) is 17.8. The number of benzene rings is 4. The van der Waals surface area contributed by atoms with Gasteiger partial charge in [-0.2, -0.15) is 0 Å². The average molecular weight is 867 g/mol. The lowest BCUT2D eigenvalue weighted by molar-refractivity contribution is -0.140. The minimum absolute atomic E-state index is 0.0783. The highest BCUT2D eigenvalue weighted by molar-refractivity contribution is 6.31. The van der Waals surface area contributed by atoms with Gasteiger partial charge in [0.25, 0.3) is 5.91 Å². The maximum Gasteiger partial charge on any atom is 0.405 e. The molecule has 13 nitrogen and oxygen atoms in total. The van der Waals surface area contributed by atoms with Crippen molar-refractivity contribution < 1.29 is 24.6 Å². The molecule has 3 saturated heterocycles. The Morgan fingerprint density at radius 1 is 0.698 bits per heavy atom. The highest BCUT2D eigenvalue weighted by atomic mass is 35.5. The van der Waals surface area contributed by atoms with Crippen LogP contribution in [0.25, 0.3) is 33.6 Å². The number of hydrogen-bond acceptors (Lipinski definition) is 7. The van der Waals surface area contributed by atoms with E-state index in [1.54, 1.807) is 35.4 Å². The molecule has 2 aromatic heterocycles. The maximum absolute atomic E-state index is 14.5. The van der Waals surface area contributed by atoms with Gasteiger partial charge in [-0.05, 0) is 79.3 Å². The molecule has 4 atom stereocenters. The Hall–Kier alpha value is -6.28. The SMILES string of the molecule is CC1(O)CCN([C@@H](C(=O)N2CCC[C@H]2c2ncc(-c3ccc(-c4ccc(-c5cnc([C@@H]6CCCN6C(=O)[C@H](NC(=O)O)c6ccccc6Cl)[nH]5)cc4)cc3)[nH]2)c2ccccc2)CC1. The van der Waals surface area contributed by atoms with Crippen LogP contribution in [0.1, 0.15) is 92.4 Å². The summed E-state index contributed by atoms with van der Waals surface area (Å²) in [6, 6.07) is 31.2. The third kappa shape index (κ3) is 8.86. The highest BCUT2D eigenvalue weighted by Crippen LogP contribution is 2.39. The molecule has 6 aromatic rings. The molecule has 0 saturated carbocycles. The van der Waals surface area contributed by atoms with Crippen LogP contribution in [0.15, 0.2) is 116 Å². The van der Waals surface area contributed by atoms with Crippen molar-refractivity contribution in [2.24, 2.45) is 0 Å². The van der Waals surface area contributed by atoms with Gasteiger partial charge in [0.2, 0.25) is 5.91 Å². The van der Waals surface area contributed by atoms with Crippen LogP contribution >= 0.6 is 11.6 Å². The molecule has 0 bridgehead atoms. The fourth-order valence-electron chi connectivity index (χ4n) is 9.46. The van der Waals surface area contributed by atoms with E-state index in [4.69, 9.17) is 16.6 Å². The Morgan fingerprint density at radius 2 is 1.19 bits per heavy atom. The normalized spacial score (nSPS) is 19.8. The third-order valence-corrected chi connectivity index (χ3v) is 13.3. The van der Waals surface area contributed by atoms with E-state index >= 15 is 0 Å². The van der Waals surface area contributed by atoms with Crippen LogP contribution < -0.4 is 5.32 Å². The zero-order valence-electron chi connectivity index (χ0n) is 35.1. The lowest BCUT2D eigenvalue weighted by Gasteiger charge is -2.41. The number of aromatic nitrogens is 4. The predicted molar refractivity (Wildman–Crippen MR) is 240 cm³/mol. The molecule has 324 valence electrons. The molecule has 4 aromatic carbocycles. The number of halogens is 1. The summed E-state index contributed by atoms with van der Waals surface area (Å²) in [7, 11) is 0. The summed E-state index contributed by atoms with van der Waals surface area (Å²) in [4.78, 5) is 62.4. The van der Waals surface area contributed by atoms with Crippen LogP contribution in [-0.2, 0) is 9.59 Å². The van der Waals surface area contributed by atoms with Gasteiger partial charge in [-0.15, -0.1) is 0 Å². The fraction of sp³-hybridized carbons (Fsp3) is 0.327. The molecule has 9 rings (SSSR count). The molecule has 3 amide bonds. The number of rotatable bonds is 11. The van der Waals surface area contributed by atoms with Gasteiger partial charge in [-0.1, -0.05) is 109 Å². The average Bonchev–Trinajstić information content (AvgIpc) is 4.14. The van der Waals surface area contributed by atoms with Crippen molar-refractivity contribution >= 4 is 29.5 Å². The number of H-pyrrole nitrogens is 2. The van der Waals surface area contributed by atoms with Crippen LogP contribution in [0.5, 0.6) is 0 Å². The van der Waals surface area contributed by atoms with E-state index in [1.165, 1.54) is 0 Å². The van der Waals surface area contributed by atoms with Gasteiger partial charge in [-0.25, -0.2) is 14.8 Å². The first kappa shape index (κ1) is 42.0. The van der Waals surface area contributed by atoms with E-state index in [0.717, 1.165) is 64.3 Å². The van der Waals surface area contributed by atoms with Crippen LogP contribution in [0.4, 0.5) is 4.79 Å². The van der Waals surface area contributed by atoms with Gasteiger partial charge in [0.15, 0.2) is 0 Å². The number of nitrogens with zero attached hydrogens (tertiary/aromatic N) is 5. The zero-order chi connectivity index (χ0) is 43.7. The van der Waals surface area contributed by atoms with E-state index in [9.17, 15) is 24.6 Å². The van der Waals surface area contributed by atoms with Crippen molar-refractivity contribution in [3.8, 4) is 33.6 Å². The Balaban J connectivity index is 0.862. The number of amides is 3. The Bertz CT molecular complexity index is 2570. The van der Waals surface area contributed by atoms with Crippen molar-refractivity contribution in [1.82, 2.24) is 40.0 Å². The van der Waals surface area contributed by atoms with Crippen LogP contribution in [0, 0.1) is 0 Å². The number of imidazole rings is 2. The number of carboxylic acid groups (broad SMARTS) is 1. The molecular weight excluding hydrogens is 816 g/mol. The molecule has 0 spiro atoms. The van der Waals surface area contributed by atoms with Crippen LogP contribution in [0.3, 0.4) is 0 Å². The van der Waals surface area contributed by atoms with Crippen molar-refractivity contribution in [1.29, 1.82) is 0 Å². The second-order valence-electron chi connectivity index (χ2n) is 17.1. The maximum atomic E-state index is 14.5. The summed E-state index contributed by atoms with van der Waals surface area (Å²) in [5.41, 5.74) is 6.40. The number of piperidine rings is 1. The number of aliphatic hydroxyl groups is 1. The standard InChI is InChI=1S/C49H51ClN8O5/c1-49(63)23-27-56(28-24-49)43(35-9-3-2-4-10-35)47(60)58-26-8-14-41(58)45-52-30-39(54-45)34-21-17-32(18-22-34)31-15-19-33(20-16-31)38-29-51-44(53-38)40-13-7-25-57(40)46(59)42(55-48(61)62)36-11-5-6-12-37(36)50/h2-6,9-12,15-22,29-30,40-43,55,63H,7-8,13-14,23-28H2,1H3,(H,51,53)(H,52,54)(H,61,62)/t40-,41-,42+,43+/m0/s1. The first-order chi connectivity index (χ1) is 30.5. The monoisotopic (exact) mass is 866 g/mol. The lowest BCUT2D eigenvalue weighted by Crippen LogP contribution is -2.49. The van der Waals surface area contributed by atoms with Crippen LogP contribution in [-0.4, -0.2) is 94.5 Å². The van der Waals surface area contributed by atoms with E-state index in [1.807, 2.05) is 60.5 Å². The molecule has 0 radical (unpaired) electrons. The van der Waals surface area contributed by atoms with E-state index < -0.39 is 23.8 Å². The third-order valence-electron chi connectivity index (χ3n) is 12.9. The number of hydrogen-bond donors (Lipinski definition) is 5. The predicted octanol–water partition coefficient (Wildman–Crippen LogP) is 8.71. The van der Waals surface area contributed by atoms with E-state index in [0.29, 0.717) is 61.9 Å². The molecule has 0 unspecified atom stereocenters. The Morgan fingerprint density at radius 3 is 1.71 bits per heavy atom. The van der Waals surface area contributed by atoms with Gasteiger partial charge in [0.05, 0.1) is 41.5 Å². The van der Waals surface area contributed by atoms with Crippen LogP contribution in [0.2, 0.25) is 5.02 Å². The van der Waals surface area contributed by atoms with Crippen molar-refractivity contribution in [3.05, 3.63) is 143 Å². The quantitative estimate of drug-likeness (QED) is 0.0861. The summed E-state index contributed by atoms with van der Waals surface area (Å²) in [6.45, 7) is 4.33. The molecule has 14 heteroatoms. The van der Waals surface area contributed by atoms with E-state index in [2.05, 4.69) is 61.6 Å². The molecule has 5 heterocycles. The number of nitrogens with one attached hydrogen (secondary N) is 3. The summed E-state index contributed by atoms with van der Waals surface area (Å²) in [5.74, 6) is 1.13. The largest absolute Gasteiger partial charge is 0.465 e. The molecule has 63 heavy (non-hydrogen) atoms. The fourth-order valence-corrected chi connectivity index (χ4v) is 9.70. The summed E-state index contributed by atoms with van der Waals surface area (Å²) >= 11 is 6.40. The molecule has 0 aliphatic carbocycles. The molecule has 3 aliphatic rings. The number of aromatic amines is 2. The molecular formula is C49H51ClN8O5. The molecule has 3 fully saturated rings. The van der Waals surface area contributed by atoms with Gasteiger partial charge in [0.1, 0.15) is 23.7 Å². The summed E-state index contributed by atoms with van der Waals surface area (Å²) in [5, 5.41) is 22.9. The minimum Gasteiger partial charge on any atom is -0.465 e. The van der Waals surface area contributed by atoms with Gasteiger partial charge < -0.3 is 35.3 Å². The number of likely N-dealkylation sites (tertiary alicyclic amines) is 3. The van der Waals surface area contributed by atoms with Gasteiger partial charge >= 0.3 is 6.09 Å². The van der Waals surface area contributed by atoms with Gasteiger partial charge in [-0.3, -0.25) is 14.5 Å². The number of carbonyl (C=O) groups excluding carboxylic acids is 2. The van der Waals surface area contributed by atoms with Gasteiger partial charge in [0, 0.05) is 36.8 Å². The molecule has 5 N–H and O–H groups in total. The minimum atomic E-state index is -1.31. The van der Waals surface area contributed by atoms with E-state index in [-0.39, 0.29) is 23.9 Å². The molecule has 3 aliphatic heterocycles. The summed E-state index contributed by atoms with van der Waals surface area (Å²) in [6.07, 6.45) is 6.74. The Labute approximate surface area is 371 Å². The highest BCUT2D eigenvalue weighted by Gasteiger charge is 2.41. The summed E-state index contributed by atoms with van der Waals surface area (Å²) < 4.78 is 0.